The number of carbonyl (C=O) groups excluding carboxylic acids is 1. The number of benzene rings is 2. The summed E-state index contributed by atoms with van der Waals surface area (Å²) in [5.41, 5.74) is 1.54. The monoisotopic (exact) mass is 405 g/mol. The Morgan fingerprint density at radius 2 is 2.00 bits per heavy atom. The molecule has 0 spiro atoms. The van der Waals surface area contributed by atoms with Crippen molar-refractivity contribution in [1.29, 1.82) is 0 Å². The summed E-state index contributed by atoms with van der Waals surface area (Å²) in [5.74, 6) is -0.0483. The lowest BCUT2D eigenvalue weighted by atomic mass is 10.1. The lowest BCUT2D eigenvalue weighted by molar-refractivity contribution is -0.123. The molecule has 0 saturated carbocycles. The average Bonchev–Trinajstić information content (AvgIpc) is 2.60. The molecule has 0 aliphatic heterocycles. The van der Waals surface area contributed by atoms with Crippen LogP contribution in [0.15, 0.2) is 51.7 Å². The maximum absolute atomic E-state index is 12.2. The number of fused-ring (bicyclic) bond motifs is 1. The van der Waals surface area contributed by atoms with E-state index in [1.807, 2.05) is 19.1 Å². The van der Waals surface area contributed by atoms with Crippen molar-refractivity contribution >= 4 is 40.1 Å². The van der Waals surface area contributed by atoms with Gasteiger partial charge >= 0.3 is 5.63 Å². The molecule has 1 heterocycles. The lowest BCUT2D eigenvalue weighted by Gasteiger charge is -2.15. The van der Waals surface area contributed by atoms with Crippen molar-refractivity contribution in [3.63, 3.8) is 0 Å². The molecule has 0 radical (unpaired) electrons. The fraction of sp³-hybridized carbons (Fsp3) is 0.200. The second-order valence-electron chi connectivity index (χ2n) is 6.16. The Kier molecular flexibility index (Phi) is 5.73. The van der Waals surface area contributed by atoms with E-state index >= 15 is 0 Å². The summed E-state index contributed by atoms with van der Waals surface area (Å²) < 4.78 is 10.7. The van der Waals surface area contributed by atoms with Crippen molar-refractivity contribution in [1.82, 2.24) is 5.32 Å². The van der Waals surface area contributed by atoms with Gasteiger partial charge in [-0.05, 0) is 43.2 Å². The maximum atomic E-state index is 12.2. The SMILES string of the molecule is Cc1cc(=O)oc2cc(OCC(=O)NC(C)c3cccc(Cl)c3)c(Cl)cc12. The van der Waals surface area contributed by atoms with Crippen molar-refractivity contribution in [2.75, 3.05) is 6.61 Å². The zero-order valence-electron chi connectivity index (χ0n) is 14.7. The molecule has 1 aromatic heterocycles. The first-order chi connectivity index (χ1) is 12.8. The molecule has 27 heavy (non-hydrogen) atoms. The summed E-state index contributed by atoms with van der Waals surface area (Å²) in [4.78, 5) is 23.7. The van der Waals surface area contributed by atoms with Crippen LogP contribution in [0.2, 0.25) is 10.0 Å². The molecule has 0 saturated heterocycles. The van der Waals surface area contributed by atoms with Gasteiger partial charge in [-0.3, -0.25) is 4.79 Å². The molecular weight excluding hydrogens is 389 g/mol. The molecule has 0 aliphatic rings. The molecule has 1 unspecified atom stereocenters. The highest BCUT2D eigenvalue weighted by Gasteiger charge is 2.13. The molecule has 140 valence electrons. The first-order valence-corrected chi connectivity index (χ1v) is 9.00. The van der Waals surface area contributed by atoms with Crippen LogP contribution in [-0.2, 0) is 4.79 Å². The van der Waals surface area contributed by atoms with Gasteiger partial charge in [0.15, 0.2) is 6.61 Å². The second kappa shape index (κ2) is 8.03. The van der Waals surface area contributed by atoms with Gasteiger partial charge in [0.2, 0.25) is 0 Å². The van der Waals surface area contributed by atoms with Crippen LogP contribution in [0.1, 0.15) is 24.1 Å². The first-order valence-electron chi connectivity index (χ1n) is 8.25. The van der Waals surface area contributed by atoms with Crippen molar-refractivity contribution < 1.29 is 13.9 Å². The quantitative estimate of drug-likeness (QED) is 0.626. The fourth-order valence-electron chi connectivity index (χ4n) is 2.72. The highest BCUT2D eigenvalue weighted by atomic mass is 35.5. The molecule has 1 N–H and O–H groups in total. The van der Waals surface area contributed by atoms with Crippen molar-refractivity contribution in [3.8, 4) is 5.75 Å². The fourth-order valence-corrected chi connectivity index (χ4v) is 3.13. The number of rotatable bonds is 5. The van der Waals surface area contributed by atoms with Gasteiger partial charge in [-0.15, -0.1) is 0 Å². The molecule has 3 aromatic rings. The smallest absolute Gasteiger partial charge is 0.336 e. The predicted molar refractivity (Wildman–Crippen MR) is 106 cm³/mol. The summed E-state index contributed by atoms with van der Waals surface area (Å²) in [6, 6.07) is 11.6. The van der Waals surface area contributed by atoms with Gasteiger partial charge in [0, 0.05) is 22.5 Å². The third-order valence-corrected chi connectivity index (χ3v) is 4.62. The van der Waals surface area contributed by atoms with Crippen LogP contribution in [0.4, 0.5) is 0 Å². The number of carbonyl (C=O) groups is 1. The van der Waals surface area contributed by atoms with E-state index in [0.717, 1.165) is 11.1 Å². The van der Waals surface area contributed by atoms with Crippen LogP contribution in [-0.4, -0.2) is 12.5 Å². The normalized spacial score (nSPS) is 12.0. The topological polar surface area (TPSA) is 68.5 Å². The lowest BCUT2D eigenvalue weighted by Crippen LogP contribution is -2.31. The maximum Gasteiger partial charge on any atom is 0.336 e. The number of hydrogen-bond acceptors (Lipinski definition) is 4. The Morgan fingerprint density at radius 1 is 1.22 bits per heavy atom. The Labute approximate surface area is 165 Å². The van der Waals surface area contributed by atoms with Crippen LogP contribution >= 0.6 is 23.2 Å². The molecule has 0 aliphatic carbocycles. The van der Waals surface area contributed by atoms with E-state index in [-0.39, 0.29) is 24.3 Å². The Bertz CT molecular complexity index is 1060. The summed E-state index contributed by atoms with van der Waals surface area (Å²) in [7, 11) is 0. The third-order valence-electron chi connectivity index (χ3n) is 4.09. The van der Waals surface area contributed by atoms with Gasteiger partial charge in [0.1, 0.15) is 11.3 Å². The van der Waals surface area contributed by atoms with Gasteiger partial charge in [-0.25, -0.2) is 4.79 Å². The second-order valence-corrected chi connectivity index (χ2v) is 7.00. The number of nitrogens with one attached hydrogen (secondary N) is 1. The highest BCUT2D eigenvalue weighted by Crippen LogP contribution is 2.31. The van der Waals surface area contributed by atoms with Crippen LogP contribution in [0.3, 0.4) is 0 Å². The van der Waals surface area contributed by atoms with Crippen molar-refractivity contribution in [3.05, 3.63) is 74.1 Å². The largest absolute Gasteiger partial charge is 0.482 e. The molecule has 7 heteroatoms. The first kappa shape index (κ1) is 19.3. The van der Waals surface area contributed by atoms with E-state index in [1.54, 1.807) is 25.1 Å². The Balaban J connectivity index is 1.70. The van der Waals surface area contributed by atoms with E-state index < -0.39 is 5.63 Å². The zero-order chi connectivity index (χ0) is 19.6. The van der Waals surface area contributed by atoms with Gasteiger partial charge in [0.25, 0.3) is 5.91 Å². The van der Waals surface area contributed by atoms with Gasteiger partial charge in [0.05, 0.1) is 11.1 Å². The van der Waals surface area contributed by atoms with E-state index in [1.165, 1.54) is 12.1 Å². The van der Waals surface area contributed by atoms with Crippen LogP contribution < -0.4 is 15.7 Å². The third kappa shape index (κ3) is 4.62. The molecule has 3 rings (SSSR count). The number of aryl methyl sites for hydroxylation is 1. The highest BCUT2D eigenvalue weighted by molar-refractivity contribution is 6.32. The van der Waals surface area contributed by atoms with Crippen molar-refractivity contribution in [2.45, 2.75) is 19.9 Å². The van der Waals surface area contributed by atoms with Crippen LogP contribution in [0.25, 0.3) is 11.0 Å². The molecule has 2 aromatic carbocycles. The van der Waals surface area contributed by atoms with E-state index in [4.69, 9.17) is 32.4 Å². The summed E-state index contributed by atoms with van der Waals surface area (Å²) in [6.45, 7) is 3.41. The van der Waals surface area contributed by atoms with Crippen molar-refractivity contribution in [2.24, 2.45) is 0 Å². The molecule has 5 nitrogen and oxygen atoms in total. The minimum absolute atomic E-state index is 0.229. The summed E-state index contributed by atoms with van der Waals surface area (Å²) in [5, 5.41) is 4.47. The average molecular weight is 406 g/mol. The van der Waals surface area contributed by atoms with Gasteiger partial charge in [-0.2, -0.15) is 0 Å². The van der Waals surface area contributed by atoms with E-state index in [0.29, 0.717) is 21.0 Å². The van der Waals surface area contributed by atoms with Gasteiger partial charge < -0.3 is 14.5 Å². The number of hydrogen-bond donors (Lipinski definition) is 1. The van der Waals surface area contributed by atoms with Crippen LogP contribution in [0.5, 0.6) is 5.75 Å². The van der Waals surface area contributed by atoms with Gasteiger partial charge in [-0.1, -0.05) is 35.3 Å². The minimum Gasteiger partial charge on any atom is -0.482 e. The molecule has 1 amide bonds. The minimum atomic E-state index is -0.457. The summed E-state index contributed by atoms with van der Waals surface area (Å²) >= 11 is 12.2. The number of halogens is 2. The summed E-state index contributed by atoms with van der Waals surface area (Å²) in [6.07, 6.45) is 0. The van der Waals surface area contributed by atoms with E-state index in [2.05, 4.69) is 5.32 Å². The zero-order valence-corrected chi connectivity index (χ0v) is 16.2. The molecule has 0 fully saturated rings. The molecule has 0 bridgehead atoms. The Morgan fingerprint density at radius 3 is 2.74 bits per heavy atom. The Hall–Kier alpha value is -2.50. The number of ether oxygens (including phenoxy) is 1. The molecule has 1 atom stereocenters. The molecular formula is C20H17Cl2NO4. The predicted octanol–water partition coefficient (Wildman–Crippen LogP) is 4.66. The van der Waals surface area contributed by atoms with Crippen LogP contribution in [0, 0.1) is 6.92 Å². The van der Waals surface area contributed by atoms with E-state index in [9.17, 15) is 9.59 Å². The number of amides is 1. The standard InChI is InChI=1S/C20H17Cl2NO4/c1-11-6-20(25)27-17-9-18(16(22)8-15(11)17)26-10-19(24)23-12(2)13-4-3-5-14(21)7-13/h3-9,12H,10H2,1-2H3,(H,23,24).